The second kappa shape index (κ2) is 9.73. The lowest BCUT2D eigenvalue weighted by Gasteiger charge is -2.32. The normalized spacial score (nSPS) is 18.6. The summed E-state index contributed by atoms with van der Waals surface area (Å²) in [4.78, 5) is 14.4. The smallest absolute Gasteiger partial charge is 0.224 e. The highest BCUT2D eigenvalue weighted by Crippen LogP contribution is 2.25. The van der Waals surface area contributed by atoms with E-state index in [1.165, 1.54) is 5.56 Å². The average Bonchev–Trinajstić information content (AvgIpc) is 2.49. The first-order valence-corrected chi connectivity index (χ1v) is 8.41. The van der Waals surface area contributed by atoms with Crippen molar-refractivity contribution in [1.29, 1.82) is 0 Å². The van der Waals surface area contributed by atoms with E-state index in [2.05, 4.69) is 26.1 Å². The van der Waals surface area contributed by atoms with Crippen LogP contribution in [0.2, 0.25) is 5.02 Å². The number of piperidine rings is 1. The molecule has 22 heavy (non-hydrogen) atoms. The zero-order valence-corrected chi connectivity index (χ0v) is 15.5. The van der Waals surface area contributed by atoms with E-state index in [-0.39, 0.29) is 24.2 Å². The largest absolute Gasteiger partial charge is 0.355 e. The number of carbonyl (C=O) groups is 1. The number of likely N-dealkylation sites (tertiary alicyclic amines) is 1. The summed E-state index contributed by atoms with van der Waals surface area (Å²) in [5.74, 6) is 0.198. The molecular weight excluding hydrogens is 389 g/mol. The molecule has 1 aliphatic rings. The van der Waals surface area contributed by atoms with Gasteiger partial charge in [-0.25, -0.2) is 0 Å². The van der Waals surface area contributed by atoms with Gasteiger partial charge in [0.05, 0.1) is 10.9 Å². The summed E-state index contributed by atoms with van der Waals surface area (Å²) in [5, 5.41) is 3.61. The summed E-state index contributed by atoms with van der Waals surface area (Å²) < 4.78 is 0.913. The van der Waals surface area contributed by atoms with Crippen LogP contribution >= 0.6 is 39.9 Å². The van der Waals surface area contributed by atoms with Gasteiger partial charge in [-0.3, -0.25) is 9.69 Å². The topological polar surface area (TPSA) is 58.4 Å². The summed E-state index contributed by atoms with van der Waals surface area (Å²) in [7, 11) is 0. The molecule has 0 saturated carbocycles. The number of nitrogens with two attached hydrogens (primary N) is 1. The second-order valence-electron chi connectivity index (χ2n) is 5.40. The molecule has 1 amide bonds. The number of halogens is 3. The van der Waals surface area contributed by atoms with Crippen molar-refractivity contribution in [2.75, 3.05) is 26.2 Å². The first kappa shape index (κ1) is 19.7. The van der Waals surface area contributed by atoms with E-state index in [1.54, 1.807) is 0 Å². The van der Waals surface area contributed by atoms with Crippen molar-refractivity contribution in [3.05, 3.63) is 33.3 Å². The third-order valence-electron chi connectivity index (χ3n) is 3.71. The maximum atomic E-state index is 12.0. The Labute approximate surface area is 151 Å². The number of carbonyl (C=O) groups excluding carboxylic acids is 1. The van der Waals surface area contributed by atoms with Crippen molar-refractivity contribution in [3.63, 3.8) is 0 Å². The fourth-order valence-corrected chi connectivity index (χ4v) is 3.19. The molecule has 1 aromatic rings. The molecule has 2 rings (SSSR count). The molecular formula is C15H22BrCl2N3O. The number of amides is 1. The van der Waals surface area contributed by atoms with Crippen LogP contribution in [-0.2, 0) is 11.3 Å². The molecule has 1 fully saturated rings. The van der Waals surface area contributed by atoms with Gasteiger partial charge < -0.3 is 11.1 Å². The molecule has 1 saturated heterocycles. The highest BCUT2D eigenvalue weighted by molar-refractivity contribution is 9.10. The molecule has 3 N–H and O–H groups in total. The van der Waals surface area contributed by atoms with E-state index in [1.807, 2.05) is 18.2 Å². The highest BCUT2D eigenvalue weighted by Gasteiger charge is 2.25. The van der Waals surface area contributed by atoms with E-state index >= 15 is 0 Å². The Morgan fingerprint density at radius 1 is 1.50 bits per heavy atom. The number of rotatable bonds is 5. The average molecular weight is 411 g/mol. The summed E-state index contributed by atoms with van der Waals surface area (Å²) in [5.41, 5.74) is 6.62. The molecule has 1 aromatic carbocycles. The van der Waals surface area contributed by atoms with Gasteiger partial charge in [0.15, 0.2) is 0 Å². The van der Waals surface area contributed by atoms with E-state index < -0.39 is 0 Å². The van der Waals surface area contributed by atoms with Gasteiger partial charge >= 0.3 is 0 Å². The van der Waals surface area contributed by atoms with Crippen molar-refractivity contribution in [2.45, 2.75) is 19.4 Å². The molecule has 1 heterocycles. The summed E-state index contributed by atoms with van der Waals surface area (Å²) in [6, 6.07) is 5.97. The quantitative estimate of drug-likeness (QED) is 0.784. The van der Waals surface area contributed by atoms with E-state index in [9.17, 15) is 4.79 Å². The van der Waals surface area contributed by atoms with E-state index in [4.69, 9.17) is 17.3 Å². The number of hydrogen-bond donors (Lipinski definition) is 2. The number of nitrogens with one attached hydrogen (secondary N) is 1. The molecule has 7 heteroatoms. The van der Waals surface area contributed by atoms with Crippen LogP contribution in [0.15, 0.2) is 22.7 Å². The van der Waals surface area contributed by atoms with Crippen LogP contribution in [0.3, 0.4) is 0 Å². The van der Waals surface area contributed by atoms with Gasteiger partial charge in [-0.15, -0.1) is 12.4 Å². The lowest BCUT2D eigenvalue weighted by atomic mass is 9.96. The molecule has 0 radical (unpaired) electrons. The van der Waals surface area contributed by atoms with Gasteiger partial charge in [-0.2, -0.15) is 0 Å². The number of benzene rings is 1. The van der Waals surface area contributed by atoms with Crippen LogP contribution in [0, 0.1) is 5.92 Å². The molecule has 1 atom stereocenters. The summed E-state index contributed by atoms with van der Waals surface area (Å²) >= 11 is 9.46. The molecule has 1 unspecified atom stereocenters. The van der Waals surface area contributed by atoms with Crippen molar-refractivity contribution < 1.29 is 4.79 Å². The van der Waals surface area contributed by atoms with Crippen molar-refractivity contribution in [1.82, 2.24) is 10.2 Å². The maximum absolute atomic E-state index is 12.0. The second-order valence-corrected chi connectivity index (χ2v) is 6.66. The van der Waals surface area contributed by atoms with Crippen molar-refractivity contribution in [2.24, 2.45) is 11.7 Å². The van der Waals surface area contributed by atoms with Gasteiger partial charge in [0.2, 0.25) is 5.91 Å². The molecule has 4 nitrogen and oxygen atoms in total. The zero-order chi connectivity index (χ0) is 15.2. The first-order chi connectivity index (χ1) is 10.1. The van der Waals surface area contributed by atoms with E-state index in [0.29, 0.717) is 13.1 Å². The Morgan fingerprint density at radius 3 is 2.95 bits per heavy atom. The molecule has 0 aliphatic carbocycles. The molecule has 0 aromatic heterocycles. The highest BCUT2D eigenvalue weighted by atomic mass is 79.9. The zero-order valence-electron chi connectivity index (χ0n) is 12.4. The van der Waals surface area contributed by atoms with Gasteiger partial charge in [0.25, 0.3) is 0 Å². The molecule has 0 bridgehead atoms. The van der Waals surface area contributed by atoms with Crippen LogP contribution in [0.4, 0.5) is 0 Å². The molecule has 124 valence electrons. The van der Waals surface area contributed by atoms with Gasteiger partial charge in [0, 0.05) is 30.7 Å². The number of hydrogen-bond acceptors (Lipinski definition) is 3. The Balaban J connectivity index is 0.00000242. The predicted octanol–water partition coefficient (Wildman–Crippen LogP) is 2.81. The molecule has 1 aliphatic heterocycles. The van der Waals surface area contributed by atoms with Gasteiger partial charge in [0.1, 0.15) is 0 Å². The minimum absolute atomic E-state index is 0. The molecule has 0 spiro atoms. The standard InChI is InChI=1S/C15H21BrClN3O.ClH/c16-13-8-11(3-4-14(13)17)9-20-7-1-2-12(10-20)15(21)19-6-5-18;/h3-4,8,12H,1-2,5-7,9-10,18H2,(H,19,21);1H. The maximum Gasteiger partial charge on any atom is 0.224 e. The van der Waals surface area contributed by atoms with Crippen molar-refractivity contribution in [3.8, 4) is 0 Å². The Bertz CT molecular complexity index is 502. The Kier molecular flexibility index (Phi) is 8.72. The minimum atomic E-state index is 0. The minimum Gasteiger partial charge on any atom is -0.355 e. The predicted molar refractivity (Wildman–Crippen MR) is 96.5 cm³/mol. The summed E-state index contributed by atoms with van der Waals surface area (Å²) in [6.07, 6.45) is 2.01. The van der Waals surface area contributed by atoms with Crippen LogP contribution < -0.4 is 11.1 Å². The SMILES string of the molecule is Cl.NCCNC(=O)C1CCCN(Cc2ccc(Cl)c(Br)c2)C1. The Morgan fingerprint density at radius 2 is 2.27 bits per heavy atom. The first-order valence-electron chi connectivity index (χ1n) is 7.24. The van der Waals surface area contributed by atoms with Crippen molar-refractivity contribution >= 4 is 45.8 Å². The van der Waals surface area contributed by atoms with Crippen LogP contribution in [-0.4, -0.2) is 37.0 Å². The van der Waals surface area contributed by atoms with Gasteiger partial charge in [-0.05, 0) is 53.0 Å². The third-order valence-corrected chi connectivity index (χ3v) is 4.92. The van der Waals surface area contributed by atoms with Crippen LogP contribution in [0.25, 0.3) is 0 Å². The lowest BCUT2D eigenvalue weighted by Crippen LogP contribution is -2.43. The third kappa shape index (κ3) is 5.70. The summed E-state index contributed by atoms with van der Waals surface area (Å²) in [6.45, 7) is 3.72. The fraction of sp³-hybridized carbons (Fsp3) is 0.533. The fourth-order valence-electron chi connectivity index (χ4n) is 2.65. The monoisotopic (exact) mass is 409 g/mol. The van der Waals surface area contributed by atoms with Gasteiger partial charge in [-0.1, -0.05) is 17.7 Å². The lowest BCUT2D eigenvalue weighted by molar-refractivity contribution is -0.126. The van der Waals surface area contributed by atoms with E-state index in [0.717, 1.165) is 42.0 Å². The number of nitrogens with zero attached hydrogens (tertiary/aromatic N) is 1. The Hall–Kier alpha value is -0.330. The van der Waals surface area contributed by atoms with Crippen LogP contribution in [0.1, 0.15) is 18.4 Å². The van der Waals surface area contributed by atoms with Crippen LogP contribution in [0.5, 0.6) is 0 Å².